The number of nitrogens with zero attached hydrogens (tertiary/aromatic N) is 2. The van der Waals surface area contributed by atoms with Crippen LogP contribution in [0, 0.1) is 6.92 Å². The fourth-order valence-electron chi connectivity index (χ4n) is 5.86. The van der Waals surface area contributed by atoms with Crippen molar-refractivity contribution in [3.63, 3.8) is 0 Å². The molecular weight excluding hydrogens is 914 g/mol. The zero-order chi connectivity index (χ0) is 38.5. The third kappa shape index (κ3) is 29.6. The summed E-state index contributed by atoms with van der Waals surface area (Å²) >= 11 is 9.53. The van der Waals surface area contributed by atoms with Gasteiger partial charge in [-0.1, -0.05) is 163 Å². The molecule has 0 aliphatic heterocycles. The first-order valence-corrected chi connectivity index (χ1v) is 21.2. The van der Waals surface area contributed by atoms with Crippen LogP contribution in [0.3, 0.4) is 0 Å². The first-order chi connectivity index (χ1) is 21.8. The number of unbranched alkanes of at least 4 members (excludes halogenated alkanes) is 3. The molecule has 0 atom stereocenters. The topological polar surface area (TPSA) is 6.48 Å². The number of anilines is 2. The van der Waals surface area contributed by atoms with E-state index < -0.39 is 0 Å². The van der Waals surface area contributed by atoms with Crippen molar-refractivity contribution in [3.05, 3.63) is 68.1 Å². The van der Waals surface area contributed by atoms with Gasteiger partial charge < -0.3 is 22.2 Å². The van der Waals surface area contributed by atoms with Crippen molar-refractivity contribution >= 4 is 61.0 Å². The fraction of sp³-hybridized carbons (Fsp3) is 0.643. The van der Waals surface area contributed by atoms with Crippen LogP contribution in [0.4, 0.5) is 11.4 Å². The third-order valence-electron chi connectivity index (χ3n) is 6.89. The second-order valence-corrected chi connectivity index (χ2v) is 24.8. The molecule has 0 fully saturated rings. The van der Waals surface area contributed by atoms with Crippen LogP contribution in [0.15, 0.2) is 61.2 Å². The van der Waals surface area contributed by atoms with Crippen LogP contribution >= 0.6 is 39.0 Å². The van der Waals surface area contributed by atoms with Gasteiger partial charge in [0.2, 0.25) is 0 Å². The maximum atomic E-state index is 4.76. The quantitative estimate of drug-likeness (QED) is 0.0897. The van der Waals surface area contributed by atoms with E-state index in [-0.39, 0.29) is 74.4 Å². The van der Waals surface area contributed by atoms with Crippen LogP contribution in [-0.2, 0) is 40.8 Å². The molecule has 0 N–H and O–H groups in total. The molecule has 2 aromatic carbocycles. The summed E-state index contributed by atoms with van der Waals surface area (Å²) in [4.78, 5) is 4.31. The van der Waals surface area contributed by atoms with E-state index in [1.807, 2.05) is 0 Å². The molecule has 0 heterocycles. The zero-order valence-electron chi connectivity index (χ0n) is 35.7. The Morgan fingerprint density at radius 1 is 0.569 bits per heavy atom. The van der Waals surface area contributed by atoms with Crippen molar-refractivity contribution in [1.82, 2.24) is 0 Å². The molecule has 0 aliphatic rings. The van der Waals surface area contributed by atoms with Crippen LogP contribution in [0.5, 0.6) is 0 Å². The molecular formula is C42H77Cl3N2P2Pd2-2. The van der Waals surface area contributed by atoms with E-state index in [1.165, 1.54) is 53.7 Å². The van der Waals surface area contributed by atoms with Crippen molar-refractivity contribution in [2.45, 2.75) is 143 Å². The Kier molecular flexibility index (Phi) is 39.8. The molecule has 2 nitrogen and oxygen atoms in total. The van der Waals surface area contributed by atoms with Crippen molar-refractivity contribution in [3.8, 4) is 0 Å². The molecule has 308 valence electrons. The van der Waals surface area contributed by atoms with E-state index in [2.05, 4.69) is 197 Å². The second kappa shape index (κ2) is 31.9. The summed E-state index contributed by atoms with van der Waals surface area (Å²) in [5, 5.41) is 4.58. The monoisotopic (exact) mass is 988 g/mol. The normalized spacial score (nSPS) is 10.8. The first-order valence-electron chi connectivity index (χ1n) is 17.5. The SMILES string of the molecule is C=C[CH2-].CCCCCC.CN(C)c1ccc(P(C(C)(C)C)C(C)(C)C)cc1.CN(C)c1ccc(P(C(C)(C)C)C(C)(C)C)cc1.ClCCl.[Cl-].[Pd].[Pd]. The van der Waals surface area contributed by atoms with Crippen LogP contribution in [0.25, 0.3) is 0 Å². The average molecular weight is 991 g/mol. The minimum atomic E-state index is -0.188. The van der Waals surface area contributed by atoms with Gasteiger partial charge in [-0.05, 0) is 55.5 Å². The van der Waals surface area contributed by atoms with E-state index in [9.17, 15) is 0 Å². The minimum absolute atomic E-state index is 0. The smallest absolute Gasteiger partial charge is 0.0967 e. The van der Waals surface area contributed by atoms with E-state index in [0.717, 1.165) is 0 Å². The summed E-state index contributed by atoms with van der Waals surface area (Å²) in [6.07, 6.45) is 7.04. The Balaban J connectivity index is -0.000000145. The number of halogens is 3. The molecule has 0 spiro atoms. The summed E-state index contributed by atoms with van der Waals surface area (Å²) in [7, 11) is 7.98. The number of benzene rings is 2. The maximum absolute atomic E-state index is 4.76. The second-order valence-electron chi connectivity index (χ2n) is 16.3. The van der Waals surface area contributed by atoms with Gasteiger partial charge in [0.05, 0.1) is 5.34 Å². The van der Waals surface area contributed by atoms with Gasteiger partial charge in [-0.2, -0.15) is 0 Å². The molecule has 0 radical (unpaired) electrons. The van der Waals surface area contributed by atoms with Crippen LogP contribution in [0.1, 0.15) is 123 Å². The first kappa shape index (κ1) is 63.6. The molecule has 9 heteroatoms. The van der Waals surface area contributed by atoms with Gasteiger partial charge in [-0.15, -0.1) is 23.2 Å². The standard InChI is InChI=1S/2C16H28NP.C6H14.C3H5.CH2Cl2.ClH.2Pd/c2*1-15(2,3)18(16(4,5)6)14-11-9-13(10-12-14)17(7)8;1-3-5-6-4-2;1-3-2;2-1-3;;;/h2*9-12H,1-8H3;3-6H2,1-2H3;3H,1-2H2;1H2;1H;;/q;;;-1;;;;/p-1. The molecule has 0 saturated carbocycles. The molecule has 0 unspecified atom stereocenters. The van der Waals surface area contributed by atoms with E-state index in [1.54, 1.807) is 0 Å². The summed E-state index contributed by atoms with van der Waals surface area (Å²) in [6.45, 7) is 39.3. The number of hydrogen-bond acceptors (Lipinski definition) is 2. The largest absolute Gasteiger partial charge is 1.00 e. The van der Waals surface area contributed by atoms with E-state index in [0.29, 0.717) is 20.6 Å². The van der Waals surface area contributed by atoms with Gasteiger partial charge in [0.25, 0.3) is 0 Å². The van der Waals surface area contributed by atoms with Gasteiger partial charge >= 0.3 is 0 Å². The molecule has 0 aliphatic carbocycles. The van der Waals surface area contributed by atoms with Crippen molar-refractivity contribution < 1.29 is 53.3 Å². The predicted octanol–water partition coefficient (Wildman–Crippen LogP) is 10.9. The molecule has 0 bridgehead atoms. The molecule has 51 heavy (non-hydrogen) atoms. The van der Waals surface area contributed by atoms with Crippen molar-refractivity contribution in [2.75, 3.05) is 43.3 Å². The molecule has 0 amide bonds. The minimum Gasteiger partial charge on any atom is -1.00 e. The molecule has 2 aromatic rings. The van der Waals surface area contributed by atoms with Crippen LogP contribution < -0.4 is 32.8 Å². The number of allylic oxidation sites excluding steroid dienone is 1. The molecule has 0 saturated heterocycles. The van der Waals surface area contributed by atoms with Gasteiger partial charge in [0.15, 0.2) is 0 Å². The van der Waals surface area contributed by atoms with Crippen molar-refractivity contribution in [1.29, 1.82) is 0 Å². The summed E-state index contributed by atoms with van der Waals surface area (Å²) in [5.74, 6) is 0. The van der Waals surface area contributed by atoms with E-state index in [4.69, 9.17) is 23.2 Å². The molecule has 2 rings (SSSR count). The Hall–Kier alpha value is 0.705. The Morgan fingerprint density at radius 3 is 0.863 bits per heavy atom. The summed E-state index contributed by atoms with van der Waals surface area (Å²) in [5.41, 5.74) is 2.55. The predicted molar refractivity (Wildman–Crippen MR) is 236 cm³/mol. The Labute approximate surface area is 366 Å². The van der Waals surface area contributed by atoms with Crippen molar-refractivity contribution in [2.24, 2.45) is 0 Å². The van der Waals surface area contributed by atoms with E-state index >= 15 is 0 Å². The van der Waals surface area contributed by atoms with Gasteiger partial charge in [0, 0.05) is 80.4 Å². The maximum Gasteiger partial charge on any atom is 0.0967 e. The summed E-state index contributed by atoms with van der Waals surface area (Å²) < 4.78 is 0. The van der Waals surface area contributed by atoms with Crippen LogP contribution in [0.2, 0.25) is 0 Å². The fourth-order valence-corrected chi connectivity index (χ4v) is 13.9. The molecule has 0 aromatic heterocycles. The van der Waals surface area contributed by atoms with Crippen LogP contribution in [-0.4, -0.2) is 54.2 Å². The van der Waals surface area contributed by atoms with Gasteiger partial charge in [-0.3, -0.25) is 0 Å². The van der Waals surface area contributed by atoms with Gasteiger partial charge in [0.1, 0.15) is 0 Å². The Bertz CT molecular complexity index is 959. The Morgan fingerprint density at radius 2 is 0.745 bits per heavy atom. The van der Waals surface area contributed by atoms with Gasteiger partial charge in [-0.25, -0.2) is 19.6 Å². The number of rotatable bonds is 7. The third-order valence-corrected chi connectivity index (χ3v) is 13.9. The summed E-state index contributed by atoms with van der Waals surface area (Å²) in [6, 6.07) is 18.2. The average Bonchev–Trinajstić information content (AvgIpc) is 2.91. The number of alkyl halides is 2. The number of hydrogen-bond donors (Lipinski definition) is 0. The zero-order valence-corrected chi connectivity index (χ0v) is 42.9.